The number of hydrogen-bond acceptors (Lipinski definition) is 7. The maximum absolute atomic E-state index is 13.8. The molecule has 1 aliphatic rings. The molecule has 0 saturated carbocycles. The lowest BCUT2D eigenvalue weighted by Gasteiger charge is -2.29. The Hall–Kier alpha value is -4.79. The monoisotopic (exact) mass is 511 g/mol. The van der Waals surface area contributed by atoms with E-state index < -0.39 is 6.04 Å². The zero-order valence-corrected chi connectivity index (χ0v) is 21.7. The molecule has 4 aromatic rings. The van der Waals surface area contributed by atoms with E-state index in [1.54, 1.807) is 37.1 Å². The smallest absolute Gasteiger partial charge is 0.255 e. The van der Waals surface area contributed by atoms with Crippen molar-refractivity contribution < 1.29 is 19.0 Å². The van der Waals surface area contributed by atoms with Gasteiger partial charge in [-0.3, -0.25) is 4.79 Å². The molecule has 0 unspecified atom stereocenters. The van der Waals surface area contributed by atoms with Crippen LogP contribution in [0.2, 0.25) is 0 Å². The fraction of sp³-hybridized carbons (Fsp3) is 0.207. The third-order valence-electron chi connectivity index (χ3n) is 6.40. The molecule has 0 spiro atoms. The lowest BCUT2D eigenvalue weighted by atomic mass is 9.94. The minimum Gasteiger partial charge on any atom is -0.497 e. The highest BCUT2D eigenvalue weighted by Crippen LogP contribution is 2.37. The standard InChI is InChI=1S/C29H29N5O4/c1-18-8-10-20(11-9-18)16-38-23-7-5-6-21(14-23)27-26(19(2)32-29-30-17-31-34(27)29)28(35)33-24-13-12-22(36-3)15-25(24)37-4/h5-15,17,27H,16H2,1-4H3,(H,33,35)(H,30,31,32)/t27-/m0/s1. The molecule has 1 aliphatic heterocycles. The second-order valence-corrected chi connectivity index (χ2v) is 8.96. The summed E-state index contributed by atoms with van der Waals surface area (Å²) in [5.74, 6) is 2.07. The van der Waals surface area contributed by atoms with Gasteiger partial charge in [-0.15, -0.1) is 0 Å². The molecule has 5 rings (SSSR count). The summed E-state index contributed by atoms with van der Waals surface area (Å²) in [5, 5.41) is 10.6. The summed E-state index contributed by atoms with van der Waals surface area (Å²) in [5.41, 5.74) is 4.81. The van der Waals surface area contributed by atoms with E-state index in [2.05, 4.69) is 51.9 Å². The Morgan fingerprint density at radius 3 is 2.58 bits per heavy atom. The van der Waals surface area contributed by atoms with Gasteiger partial charge in [0.05, 0.1) is 25.5 Å². The number of benzene rings is 3. The quantitative estimate of drug-likeness (QED) is 0.339. The molecule has 1 atom stereocenters. The van der Waals surface area contributed by atoms with Crippen LogP contribution in [-0.2, 0) is 11.4 Å². The third-order valence-corrected chi connectivity index (χ3v) is 6.40. The molecule has 2 heterocycles. The Labute approximate surface area is 221 Å². The van der Waals surface area contributed by atoms with Crippen molar-refractivity contribution in [1.82, 2.24) is 14.8 Å². The number of methoxy groups -OCH3 is 2. The first-order valence-corrected chi connectivity index (χ1v) is 12.2. The Bertz CT molecular complexity index is 1490. The van der Waals surface area contributed by atoms with E-state index in [4.69, 9.17) is 14.2 Å². The minimum absolute atomic E-state index is 0.296. The average Bonchev–Trinajstić information content (AvgIpc) is 3.40. The Balaban J connectivity index is 1.46. The Morgan fingerprint density at radius 1 is 1.00 bits per heavy atom. The lowest BCUT2D eigenvalue weighted by Crippen LogP contribution is -2.31. The Morgan fingerprint density at radius 2 is 1.82 bits per heavy atom. The molecule has 2 N–H and O–H groups in total. The molecule has 194 valence electrons. The van der Waals surface area contributed by atoms with E-state index in [0.29, 0.717) is 46.8 Å². The number of allylic oxidation sites excluding steroid dienone is 1. The van der Waals surface area contributed by atoms with E-state index in [1.807, 2.05) is 31.2 Å². The van der Waals surface area contributed by atoms with Crippen LogP contribution in [0.25, 0.3) is 0 Å². The van der Waals surface area contributed by atoms with Crippen LogP contribution in [0, 0.1) is 6.92 Å². The van der Waals surface area contributed by atoms with Crippen molar-refractivity contribution in [2.24, 2.45) is 0 Å². The number of fused-ring (bicyclic) bond motifs is 1. The highest BCUT2D eigenvalue weighted by molar-refractivity contribution is 6.06. The molecule has 0 fully saturated rings. The van der Waals surface area contributed by atoms with E-state index in [-0.39, 0.29) is 5.91 Å². The van der Waals surface area contributed by atoms with Gasteiger partial charge in [0.2, 0.25) is 5.95 Å². The first-order chi connectivity index (χ1) is 18.5. The summed E-state index contributed by atoms with van der Waals surface area (Å²) in [6, 6.07) is 20.6. The number of rotatable bonds is 8. The van der Waals surface area contributed by atoms with Gasteiger partial charge in [-0.2, -0.15) is 10.1 Å². The second-order valence-electron chi connectivity index (χ2n) is 8.96. The fourth-order valence-corrected chi connectivity index (χ4v) is 4.41. The van der Waals surface area contributed by atoms with Crippen LogP contribution in [0.3, 0.4) is 0 Å². The number of anilines is 2. The van der Waals surface area contributed by atoms with Crippen molar-refractivity contribution in [2.75, 3.05) is 24.9 Å². The maximum atomic E-state index is 13.8. The van der Waals surface area contributed by atoms with E-state index in [0.717, 1.165) is 11.1 Å². The van der Waals surface area contributed by atoms with Gasteiger partial charge in [0.25, 0.3) is 5.91 Å². The summed E-state index contributed by atoms with van der Waals surface area (Å²) in [4.78, 5) is 18.1. The molecule has 0 aliphatic carbocycles. The van der Waals surface area contributed by atoms with E-state index in [1.165, 1.54) is 11.9 Å². The van der Waals surface area contributed by atoms with Gasteiger partial charge >= 0.3 is 0 Å². The molecule has 38 heavy (non-hydrogen) atoms. The van der Waals surface area contributed by atoms with Crippen LogP contribution < -0.4 is 24.8 Å². The predicted octanol–water partition coefficient (Wildman–Crippen LogP) is 5.11. The number of carbonyl (C=O) groups is 1. The van der Waals surface area contributed by atoms with Gasteiger partial charge in [-0.05, 0) is 49.2 Å². The van der Waals surface area contributed by atoms with Gasteiger partial charge in [0.1, 0.15) is 36.2 Å². The van der Waals surface area contributed by atoms with Crippen LogP contribution in [0.4, 0.5) is 11.6 Å². The van der Waals surface area contributed by atoms with Crippen molar-refractivity contribution in [3.05, 3.63) is 101 Å². The molecule has 0 saturated heterocycles. The molecule has 1 aromatic heterocycles. The molecule has 1 amide bonds. The first-order valence-electron chi connectivity index (χ1n) is 12.2. The van der Waals surface area contributed by atoms with Crippen LogP contribution in [0.15, 0.2) is 84.3 Å². The number of nitrogens with one attached hydrogen (secondary N) is 2. The zero-order chi connectivity index (χ0) is 26.6. The maximum Gasteiger partial charge on any atom is 0.255 e. The van der Waals surface area contributed by atoms with Crippen molar-refractivity contribution in [2.45, 2.75) is 26.5 Å². The number of nitrogens with zero attached hydrogens (tertiary/aromatic N) is 3. The lowest BCUT2D eigenvalue weighted by molar-refractivity contribution is -0.113. The summed E-state index contributed by atoms with van der Waals surface area (Å²) in [7, 11) is 3.12. The summed E-state index contributed by atoms with van der Waals surface area (Å²) in [6.45, 7) is 4.34. The predicted molar refractivity (Wildman–Crippen MR) is 145 cm³/mol. The number of aromatic nitrogens is 3. The average molecular weight is 512 g/mol. The molecule has 3 aromatic carbocycles. The molecule has 0 bridgehead atoms. The molecule has 9 heteroatoms. The van der Waals surface area contributed by atoms with Gasteiger partial charge in [-0.25, -0.2) is 4.68 Å². The van der Waals surface area contributed by atoms with Crippen LogP contribution in [0.1, 0.15) is 29.7 Å². The number of ether oxygens (including phenoxy) is 3. The van der Waals surface area contributed by atoms with E-state index >= 15 is 0 Å². The summed E-state index contributed by atoms with van der Waals surface area (Å²) >= 11 is 0. The number of carbonyl (C=O) groups excluding carboxylic acids is 1. The van der Waals surface area contributed by atoms with Crippen LogP contribution in [0.5, 0.6) is 17.2 Å². The molecular formula is C29H29N5O4. The Kier molecular flexibility index (Phi) is 6.99. The SMILES string of the molecule is COc1ccc(NC(=O)C2=C(C)Nc3ncnn3[C@H]2c2cccc(OCc3ccc(C)cc3)c2)c(OC)c1. The van der Waals surface area contributed by atoms with Gasteiger partial charge in [-0.1, -0.05) is 42.0 Å². The number of amides is 1. The molecular weight excluding hydrogens is 482 g/mol. The highest BCUT2D eigenvalue weighted by atomic mass is 16.5. The van der Waals surface area contributed by atoms with Crippen molar-refractivity contribution in [1.29, 1.82) is 0 Å². The molecule has 0 radical (unpaired) electrons. The minimum atomic E-state index is -0.527. The van der Waals surface area contributed by atoms with Gasteiger partial charge < -0.3 is 24.8 Å². The van der Waals surface area contributed by atoms with Gasteiger partial charge in [0.15, 0.2) is 0 Å². The molecule has 9 nitrogen and oxygen atoms in total. The second kappa shape index (κ2) is 10.7. The number of aryl methyl sites for hydroxylation is 1. The van der Waals surface area contributed by atoms with Crippen molar-refractivity contribution >= 4 is 17.5 Å². The van der Waals surface area contributed by atoms with E-state index in [9.17, 15) is 4.79 Å². The zero-order valence-electron chi connectivity index (χ0n) is 21.7. The van der Waals surface area contributed by atoms with Crippen LogP contribution >= 0.6 is 0 Å². The normalized spacial score (nSPS) is 14.4. The highest BCUT2D eigenvalue weighted by Gasteiger charge is 2.34. The summed E-state index contributed by atoms with van der Waals surface area (Å²) < 4.78 is 18.5. The topological polar surface area (TPSA) is 99.5 Å². The first kappa shape index (κ1) is 24.9. The van der Waals surface area contributed by atoms with Crippen molar-refractivity contribution in [3.8, 4) is 17.2 Å². The number of hydrogen-bond donors (Lipinski definition) is 2. The largest absolute Gasteiger partial charge is 0.497 e. The van der Waals surface area contributed by atoms with Gasteiger partial charge in [0, 0.05) is 11.8 Å². The van der Waals surface area contributed by atoms with Crippen molar-refractivity contribution in [3.63, 3.8) is 0 Å². The van der Waals surface area contributed by atoms with Crippen LogP contribution in [-0.4, -0.2) is 34.9 Å². The fourth-order valence-electron chi connectivity index (χ4n) is 4.41. The summed E-state index contributed by atoms with van der Waals surface area (Å²) in [6.07, 6.45) is 1.47. The third kappa shape index (κ3) is 5.04.